The van der Waals surface area contributed by atoms with Gasteiger partial charge in [-0.3, -0.25) is 0 Å². The zero-order valence-electron chi connectivity index (χ0n) is 11.5. The Kier molecular flexibility index (Phi) is 4.90. The average Bonchev–Trinajstić information content (AvgIpc) is 2.47. The third-order valence-corrected chi connectivity index (χ3v) is 3.04. The Bertz CT molecular complexity index is 584. The highest BCUT2D eigenvalue weighted by Crippen LogP contribution is 2.19. The number of nitrogens with one attached hydrogen (secondary N) is 2. The molecule has 0 saturated heterocycles. The molecule has 20 heavy (non-hydrogen) atoms. The molecule has 0 fully saturated rings. The van der Waals surface area contributed by atoms with Crippen LogP contribution in [-0.2, 0) is 6.54 Å². The van der Waals surface area contributed by atoms with Gasteiger partial charge in [-0.2, -0.15) is 0 Å². The fourth-order valence-corrected chi connectivity index (χ4v) is 1.86. The highest BCUT2D eigenvalue weighted by Gasteiger charge is 2.05. The highest BCUT2D eigenvalue weighted by molar-refractivity contribution is 7.80. The predicted molar refractivity (Wildman–Crippen MR) is 85.0 cm³/mol. The van der Waals surface area contributed by atoms with E-state index in [0.717, 1.165) is 0 Å². The SMILES string of the molecule is COc1cccnc1NC(=S)NCc1ccc(C)cc1. The van der Waals surface area contributed by atoms with E-state index in [4.69, 9.17) is 17.0 Å². The maximum Gasteiger partial charge on any atom is 0.174 e. The van der Waals surface area contributed by atoms with Gasteiger partial charge in [0.25, 0.3) is 0 Å². The van der Waals surface area contributed by atoms with Gasteiger partial charge in [-0.15, -0.1) is 0 Å². The van der Waals surface area contributed by atoms with Crippen molar-refractivity contribution < 1.29 is 4.74 Å². The minimum absolute atomic E-state index is 0.516. The molecule has 2 aromatic rings. The number of nitrogens with zero attached hydrogens (tertiary/aromatic N) is 1. The molecule has 0 saturated carbocycles. The second kappa shape index (κ2) is 6.86. The Morgan fingerprint density at radius 1 is 1.25 bits per heavy atom. The van der Waals surface area contributed by atoms with Crippen molar-refractivity contribution in [2.75, 3.05) is 12.4 Å². The van der Waals surface area contributed by atoms with Crippen LogP contribution in [0, 0.1) is 6.92 Å². The normalized spacial score (nSPS) is 9.90. The molecular formula is C15H17N3OS. The van der Waals surface area contributed by atoms with Crippen LogP contribution in [0.3, 0.4) is 0 Å². The molecule has 0 aliphatic carbocycles. The Balaban J connectivity index is 1.91. The second-order valence-corrected chi connectivity index (χ2v) is 4.76. The summed E-state index contributed by atoms with van der Waals surface area (Å²) in [6, 6.07) is 12.0. The third kappa shape index (κ3) is 3.93. The van der Waals surface area contributed by atoms with Crippen molar-refractivity contribution in [3.05, 3.63) is 53.7 Å². The summed E-state index contributed by atoms with van der Waals surface area (Å²) < 4.78 is 5.21. The number of pyridine rings is 1. The smallest absolute Gasteiger partial charge is 0.174 e. The van der Waals surface area contributed by atoms with Gasteiger partial charge >= 0.3 is 0 Å². The summed E-state index contributed by atoms with van der Waals surface area (Å²) in [5.74, 6) is 1.27. The first-order valence-corrected chi connectivity index (χ1v) is 6.69. The minimum Gasteiger partial charge on any atom is -0.493 e. The van der Waals surface area contributed by atoms with E-state index in [-0.39, 0.29) is 0 Å². The van der Waals surface area contributed by atoms with Crippen molar-refractivity contribution in [3.8, 4) is 5.75 Å². The highest BCUT2D eigenvalue weighted by atomic mass is 32.1. The Morgan fingerprint density at radius 3 is 2.70 bits per heavy atom. The fourth-order valence-electron chi connectivity index (χ4n) is 1.69. The van der Waals surface area contributed by atoms with Gasteiger partial charge in [-0.1, -0.05) is 29.8 Å². The lowest BCUT2D eigenvalue weighted by Gasteiger charge is -2.12. The number of hydrogen-bond donors (Lipinski definition) is 2. The van der Waals surface area contributed by atoms with E-state index < -0.39 is 0 Å². The first kappa shape index (κ1) is 14.3. The maximum absolute atomic E-state index is 5.25. The number of ether oxygens (including phenoxy) is 1. The van der Waals surface area contributed by atoms with Crippen LogP contribution in [0.4, 0.5) is 5.82 Å². The zero-order valence-corrected chi connectivity index (χ0v) is 12.3. The van der Waals surface area contributed by atoms with Gasteiger partial charge in [0.1, 0.15) is 0 Å². The van der Waals surface area contributed by atoms with Crippen LogP contribution in [0.25, 0.3) is 0 Å². The van der Waals surface area contributed by atoms with Crippen LogP contribution >= 0.6 is 12.2 Å². The number of aryl methyl sites for hydroxylation is 1. The molecule has 1 aromatic heterocycles. The van der Waals surface area contributed by atoms with E-state index >= 15 is 0 Å². The average molecular weight is 287 g/mol. The number of aromatic nitrogens is 1. The molecule has 0 aliphatic rings. The molecule has 0 amide bonds. The van der Waals surface area contributed by atoms with Gasteiger partial charge in [0, 0.05) is 12.7 Å². The molecule has 0 bridgehead atoms. The van der Waals surface area contributed by atoms with Gasteiger partial charge < -0.3 is 15.4 Å². The minimum atomic E-state index is 0.516. The molecule has 0 atom stereocenters. The molecule has 0 spiro atoms. The van der Waals surface area contributed by atoms with Crippen molar-refractivity contribution in [1.29, 1.82) is 0 Å². The van der Waals surface area contributed by atoms with E-state index in [0.29, 0.717) is 23.2 Å². The largest absolute Gasteiger partial charge is 0.493 e. The topological polar surface area (TPSA) is 46.2 Å². The first-order valence-electron chi connectivity index (χ1n) is 6.28. The fraction of sp³-hybridized carbons (Fsp3) is 0.200. The van der Waals surface area contributed by atoms with Gasteiger partial charge in [-0.25, -0.2) is 4.98 Å². The summed E-state index contributed by atoms with van der Waals surface area (Å²) in [6.45, 7) is 2.73. The van der Waals surface area contributed by atoms with E-state index in [1.165, 1.54) is 11.1 Å². The van der Waals surface area contributed by atoms with Crippen LogP contribution in [0.1, 0.15) is 11.1 Å². The van der Waals surface area contributed by atoms with Crippen molar-refractivity contribution in [2.24, 2.45) is 0 Å². The molecule has 0 aliphatic heterocycles. The number of methoxy groups -OCH3 is 1. The summed E-state index contributed by atoms with van der Waals surface area (Å²) in [5, 5.41) is 6.69. The van der Waals surface area contributed by atoms with E-state index in [1.807, 2.05) is 12.1 Å². The molecule has 104 valence electrons. The lowest BCUT2D eigenvalue weighted by molar-refractivity contribution is 0.415. The van der Waals surface area contributed by atoms with Crippen molar-refractivity contribution >= 4 is 23.1 Å². The standard InChI is InChI=1S/C15H17N3OS/c1-11-5-7-12(8-6-11)10-17-15(20)18-14-13(19-2)4-3-9-16-14/h3-9H,10H2,1-2H3,(H2,16,17,18,20). The van der Waals surface area contributed by atoms with E-state index in [2.05, 4.69) is 46.8 Å². The Hall–Kier alpha value is -2.14. The van der Waals surface area contributed by atoms with Crippen molar-refractivity contribution in [3.63, 3.8) is 0 Å². The second-order valence-electron chi connectivity index (χ2n) is 4.35. The van der Waals surface area contributed by atoms with E-state index in [1.54, 1.807) is 13.3 Å². The molecule has 0 radical (unpaired) electrons. The summed E-state index contributed by atoms with van der Waals surface area (Å²) in [7, 11) is 1.60. The number of thiocarbonyl (C=S) groups is 1. The summed E-state index contributed by atoms with van der Waals surface area (Å²) in [6.07, 6.45) is 1.69. The first-order chi connectivity index (χ1) is 9.69. The van der Waals surface area contributed by atoms with Crippen molar-refractivity contribution in [1.82, 2.24) is 10.3 Å². The molecular weight excluding hydrogens is 270 g/mol. The zero-order chi connectivity index (χ0) is 14.4. The number of benzene rings is 1. The Labute approximate surface area is 124 Å². The summed E-state index contributed by atoms with van der Waals surface area (Å²) in [4.78, 5) is 4.19. The van der Waals surface area contributed by atoms with Crippen LogP contribution in [0.15, 0.2) is 42.6 Å². The lowest BCUT2D eigenvalue weighted by Crippen LogP contribution is -2.28. The van der Waals surface area contributed by atoms with Gasteiger partial charge in [0.15, 0.2) is 16.7 Å². The summed E-state index contributed by atoms with van der Waals surface area (Å²) >= 11 is 5.25. The van der Waals surface area contributed by atoms with Gasteiger partial charge in [0.05, 0.1) is 7.11 Å². The quantitative estimate of drug-likeness (QED) is 0.847. The molecule has 5 heteroatoms. The number of hydrogen-bond acceptors (Lipinski definition) is 3. The van der Waals surface area contributed by atoms with Crippen LogP contribution < -0.4 is 15.4 Å². The van der Waals surface area contributed by atoms with Gasteiger partial charge in [0.2, 0.25) is 0 Å². The lowest BCUT2D eigenvalue weighted by atomic mass is 10.1. The number of rotatable bonds is 4. The van der Waals surface area contributed by atoms with Crippen LogP contribution in [0.2, 0.25) is 0 Å². The maximum atomic E-state index is 5.25. The molecule has 1 aromatic carbocycles. The molecule has 2 N–H and O–H groups in total. The third-order valence-electron chi connectivity index (χ3n) is 2.80. The summed E-state index contributed by atoms with van der Waals surface area (Å²) in [5.41, 5.74) is 2.42. The van der Waals surface area contributed by atoms with Gasteiger partial charge in [-0.05, 0) is 36.8 Å². The Morgan fingerprint density at radius 2 is 2.00 bits per heavy atom. The van der Waals surface area contributed by atoms with Crippen LogP contribution in [0.5, 0.6) is 5.75 Å². The number of anilines is 1. The van der Waals surface area contributed by atoms with Crippen LogP contribution in [-0.4, -0.2) is 17.2 Å². The van der Waals surface area contributed by atoms with Crippen molar-refractivity contribution in [2.45, 2.75) is 13.5 Å². The predicted octanol–water partition coefficient (Wildman–Crippen LogP) is 2.89. The molecule has 1 heterocycles. The molecule has 2 rings (SSSR count). The molecule has 4 nitrogen and oxygen atoms in total. The molecule has 0 unspecified atom stereocenters. The van der Waals surface area contributed by atoms with E-state index in [9.17, 15) is 0 Å². The monoisotopic (exact) mass is 287 g/mol.